The van der Waals surface area contributed by atoms with Crippen LogP contribution < -0.4 is 0 Å². The van der Waals surface area contributed by atoms with E-state index in [1.807, 2.05) is 65.3 Å². The molecule has 3 aromatic carbocycles. The van der Waals surface area contributed by atoms with Crippen molar-refractivity contribution in [2.45, 2.75) is 107 Å². The standard InChI is InChI=1S/C31H26NOS.C15H28O2.Ir/c1-18-17-33-27-11-10-21(15-25(18)27)29-19(2)23-12-13-32-28(30(23)34-29)22-14-20-8-6-7-9-24(20)26(16-22)31(3,4)5;1-7-14(5,8-2)12(16)11-13(17)15(6,9-3)10-4;/h6-13,15-17H,1-5H3;11,16H,7-10H2,1-6H3;/q-1;;/b;12-11-;. The molecule has 0 unspecified atom stereocenters. The molecule has 3 heterocycles. The van der Waals surface area contributed by atoms with E-state index < -0.39 is 0 Å². The van der Waals surface area contributed by atoms with Crippen molar-refractivity contribution in [2.24, 2.45) is 10.8 Å². The number of nitrogens with zero attached hydrogens (tertiary/aromatic N) is 1. The third-order valence-corrected chi connectivity index (χ3v) is 12.7. The molecule has 1 radical (unpaired) electrons. The molecule has 6 heteroatoms. The number of carbonyl (C=O) groups is 1. The molecule has 0 aliphatic carbocycles. The number of hydrogen-bond acceptors (Lipinski definition) is 5. The average Bonchev–Trinajstić information content (AvgIpc) is 3.68. The van der Waals surface area contributed by atoms with E-state index in [1.165, 1.54) is 54.1 Å². The fraction of sp³-hybridized carbons (Fsp3) is 0.391. The van der Waals surface area contributed by atoms with Crippen LogP contribution in [0.1, 0.15) is 105 Å². The molecule has 1 N–H and O–H groups in total. The van der Waals surface area contributed by atoms with Gasteiger partial charge < -0.3 is 9.52 Å². The van der Waals surface area contributed by atoms with E-state index in [-0.39, 0.29) is 47.9 Å². The predicted octanol–water partition coefficient (Wildman–Crippen LogP) is 13.9. The number of pyridine rings is 1. The maximum Gasteiger partial charge on any atom is 0.164 e. The number of carbonyl (C=O) groups excluding carboxylic acids is 1. The number of aryl methyl sites for hydroxylation is 2. The number of aliphatic hydroxyl groups is 1. The Kier molecular flexibility index (Phi) is 12.8. The van der Waals surface area contributed by atoms with Gasteiger partial charge in [0.15, 0.2) is 5.78 Å². The number of fused-ring (bicyclic) bond motifs is 3. The van der Waals surface area contributed by atoms with Crippen LogP contribution >= 0.6 is 11.3 Å². The Morgan fingerprint density at radius 3 is 2.15 bits per heavy atom. The summed E-state index contributed by atoms with van der Waals surface area (Å²) >= 11 is 1.82. The Morgan fingerprint density at radius 1 is 0.865 bits per heavy atom. The number of rotatable bonds is 9. The van der Waals surface area contributed by atoms with Gasteiger partial charge in [0.2, 0.25) is 0 Å². The van der Waals surface area contributed by atoms with Gasteiger partial charge in [-0.3, -0.25) is 9.78 Å². The molecule has 0 amide bonds. The minimum absolute atomic E-state index is 0. The van der Waals surface area contributed by atoms with Gasteiger partial charge in [0.25, 0.3) is 0 Å². The number of aromatic nitrogens is 1. The molecule has 277 valence electrons. The third kappa shape index (κ3) is 8.00. The van der Waals surface area contributed by atoms with Crippen LogP contribution in [0, 0.1) is 30.7 Å². The molecule has 6 aromatic rings. The summed E-state index contributed by atoms with van der Waals surface area (Å²) in [5.74, 6) is 0.286. The van der Waals surface area contributed by atoms with E-state index in [2.05, 4.69) is 95.3 Å². The van der Waals surface area contributed by atoms with Crippen molar-refractivity contribution < 1.29 is 34.4 Å². The monoisotopic (exact) mass is 893 g/mol. The normalized spacial score (nSPS) is 12.6. The number of hydrogen-bond donors (Lipinski definition) is 1. The van der Waals surface area contributed by atoms with Crippen LogP contribution in [0.4, 0.5) is 0 Å². The van der Waals surface area contributed by atoms with Crippen LogP contribution in [0.2, 0.25) is 0 Å². The first-order chi connectivity index (χ1) is 24.1. The number of ketones is 1. The number of benzene rings is 3. The van der Waals surface area contributed by atoms with E-state index in [0.717, 1.165) is 47.9 Å². The summed E-state index contributed by atoms with van der Waals surface area (Å²) in [4.78, 5) is 18.3. The Hall–Kier alpha value is -3.57. The molecule has 0 saturated carbocycles. The first kappa shape index (κ1) is 41.2. The first-order valence-electron chi connectivity index (χ1n) is 18.4. The zero-order valence-electron chi connectivity index (χ0n) is 32.7. The zero-order valence-corrected chi connectivity index (χ0v) is 35.9. The maximum absolute atomic E-state index is 12.2. The molecule has 0 bridgehead atoms. The predicted molar refractivity (Wildman–Crippen MR) is 218 cm³/mol. The summed E-state index contributed by atoms with van der Waals surface area (Å²) < 4.78 is 6.88. The van der Waals surface area contributed by atoms with Crippen molar-refractivity contribution in [3.63, 3.8) is 0 Å². The molecule has 4 nitrogen and oxygen atoms in total. The summed E-state index contributed by atoms with van der Waals surface area (Å²) in [6, 6.07) is 23.1. The molecule has 0 aliphatic rings. The van der Waals surface area contributed by atoms with Gasteiger partial charge in [0.05, 0.1) is 6.26 Å². The summed E-state index contributed by atoms with van der Waals surface area (Å²) in [7, 11) is 0. The van der Waals surface area contributed by atoms with Crippen molar-refractivity contribution in [2.75, 3.05) is 0 Å². The summed E-state index contributed by atoms with van der Waals surface area (Å²) in [5.41, 5.74) is 7.42. The molecule has 0 atom stereocenters. The Morgan fingerprint density at radius 2 is 1.52 bits per heavy atom. The number of aliphatic hydroxyl groups excluding tert-OH is 1. The van der Waals surface area contributed by atoms with Gasteiger partial charge in [0.1, 0.15) is 11.3 Å². The van der Waals surface area contributed by atoms with E-state index in [4.69, 9.17) is 9.40 Å². The topological polar surface area (TPSA) is 63.3 Å². The molecule has 0 saturated heterocycles. The number of furan rings is 1. The quantitative estimate of drug-likeness (QED) is 0.0892. The van der Waals surface area contributed by atoms with Gasteiger partial charge in [-0.2, -0.15) is 0 Å². The fourth-order valence-electron chi connectivity index (χ4n) is 6.57. The van der Waals surface area contributed by atoms with Gasteiger partial charge in [-0.25, -0.2) is 0 Å². The molecule has 3 aromatic heterocycles. The second-order valence-corrected chi connectivity index (χ2v) is 16.6. The van der Waals surface area contributed by atoms with E-state index in [9.17, 15) is 9.90 Å². The molecular weight excluding hydrogens is 839 g/mol. The van der Waals surface area contributed by atoms with Gasteiger partial charge in [-0.05, 0) is 91.3 Å². The van der Waals surface area contributed by atoms with Crippen molar-refractivity contribution in [3.8, 4) is 21.7 Å². The zero-order chi connectivity index (χ0) is 37.3. The van der Waals surface area contributed by atoms with Crippen molar-refractivity contribution >= 4 is 48.9 Å². The van der Waals surface area contributed by atoms with Crippen LogP contribution in [-0.2, 0) is 30.3 Å². The van der Waals surface area contributed by atoms with Crippen LogP contribution in [0.15, 0.2) is 83.3 Å². The van der Waals surface area contributed by atoms with Crippen LogP contribution in [-0.4, -0.2) is 15.9 Å². The molecule has 6 rings (SSSR count). The maximum atomic E-state index is 12.2. The second-order valence-electron chi connectivity index (χ2n) is 15.5. The minimum atomic E-state index is -0.337. The van der Waals surface area contributed by atoms with E-state index in [1.54, 1.807) is 0 Å². The van der Waals surface area contributed by atoms with Crippen molar-refractivity contribution in [1.82, 2.24) is 4.98 Å². The molecule has 52 heavy (non-hydrogen) atoms. The summed E-state index contributed by atoms with van der Waals surface area (Å²) in [5, 5.41) is 15.0. The smallest absolute Gasteiger partial charge is 0.164 e. The van der Waals surface area contributed by atoms with Crippen LogP contribution in [0.3, 0.4) is 0 Å². The molecule has 0 fully saturated rings. The van der Waals surface area contributed by atoms with E-state index >= 15 is 0 Å². The Labute approximate surface area is 328 Å². The number of allylic oxidation sites excluding steroid dienone is 2. The van der Waals surface area contributed by atoms with Crippen LogP contribution in [0.5, 0.6) is 0 Å². The second kappa shape index (κ2) is 16.2. The molecule has 0 aliphatic heterocycles. The largest absolute Gasteiger partial charge is 0.512 e. The first-order valence-corrected chi connectivity index (χ1v) is 19.2. The van der Waals surface area contributed by atoms with Crippen molar-refractivity contribution in [3.05, 3.63) is 102 Å². The van der Waals surface area contributed by atoms with Gasteiger partial charge in [0, 0.05) is 63.9 Å². The minimum Gasteiger partial charge on any atom is -0.512 e. The Balaban J connectivity index is 0.000000289. The number of thiophene rings is 1. The van der Waals surface area contributed by atoms with Gasteiger partial charge in [-0.1, -0.05) is 91.5 Å². The van der Waals surface area contributed by atoms with Gasteiger partial charge >= 0.3 is 0 Å². The van der Waals surface area contributed by atoms with Crippen molar-refractivity contribution in [1.29, 1.82) is 0 Å². The third-order valence-electron chi connectivity index (χ3n) is 11.3. The van der Waals surface area contributed by atoms with Crippen LogP contribution in [0.25, 0.3) is 53.5 Å². The fourth-order valence-corrected chi connectivity index (χ4v) is 7.88. The average molecular weight is 893 g/mol. The van der Waals surface area contributed by atoms with Gasteiger partial charge in [-0.15, -0.1) is 40.5 Å². The summed E-state index contributed by atoms with van der Waals surface area (Å²) in [6.45, 7) is 23.2. The molecule has 0 spiro atoms. The SMILES string of the molecule is CCC(C)(CC)C(=O)/C=C(\O)C(C)(CC)CC.Cc1coc2ccc(-c3sc4c(-c5[c-]c6ccccc6c(C(C)(C)C)c5)nccc4c3C)cc12.[Ir]. The Bertz CT molecular complexity index is 2220. The molecular formula is C46H54IrNO3S-. The van der Waals surface area contributed by atoms with E-state index in [0.29, 0.717) is 0 Å². The summed E-state index contributed by atoms with van der Waals surface area (Å²) in [6.07, 6.45) is 8.52.